The largest absolute Gasteiger partial charge is 0.388 e. The average molecular weight is 192 g/mol. The van der Waals surface area contributed by atoms with Crippen LogP contribution < -0.4 is 10.6 Å². The summed E-state index contributed by atoms with van der Waals surface area (Å²) in [5.74, 6) is 0. The lowest BCUT2D eigenvalue weighted by Crippen LogP contribution is -2.29. The van der Waals surface area contributed by atoms with Gasteiger partial charge in [-0.3, -0.25) is 0 Å². The summed E-state index contributed by atoms with van der Waals surface area (Å²) in [6, 6.07) is 8.33. The fraction of sp³-hybridized carbons (Fsp3) is 0.500. The minimum Gasteiger partial charge on any atom is -0.388 e. The van der Waals surface area contributed by atoms with E-state index in [9.17, 15) is 0 Å². The van der Waals surface area contributed by atoms with Crippen LogP contribution in [0.2, 0.25) is 0 Å². The molecule has 1 aromatic rings. The molecule has 1 aromatic carbocycles. The first-order valence-corrected chi connectivity index (χ1v) is 5.13. The van der Waals surface area contributed by atoms with Crippen molar-refractivity contribution < 1.29 is 0 Å². The topological polar surface area (TPSA) is 24.1 Å². The Morgan fingerprint density at radius 1 is 1.21 bits per heavy atom. The molecule has 0 aromatic heterocycles. The van der Waals surface area contributed by atoms with Crippen LogP contribution in [0.1, 0.15) is 27.2 Å². The molecule has 0 amide bonds. The molecule has 2 N–H and O–H groups in total. The molecule has 2 nitrogen and oxygen atoms in total. The van der Waals surface area contributed by atoms with Crippen molar-refractivity contribution in [3.05, 3.63) is 24.3 Å². The third-order valence-corrected chi connectivity index (χ3v) is 2.52. The second-order valence-electron chi connectivity index (χ2n) is 4.19. The number of benzene rings is 1. The second kappa shape index (κ2) is 4.36. The Bertz CT molecular complexity index is 292. The normalized spacial score (nSPS) is 11.1. The summed E-state index contributed by atoms with van der Waals surface area (Å²) in [6.45, 7) is 6.60. The molecule has 14 heavy (non-hydrogen) atoms. The van der Waals surface area contributed by atoms with Gasteiger partial charge in [0.05, 0.1) is 0 Å². The Hall–Kier alpha value is -1.18. The fourth-order valence-corrected chi connectivity index (χ4v) is 1.23. The van der Waals surface area contributed by atoms with Crippen LogP contribution in [0.3, 0.4) is 0 Å². The van der Waals surface area contributed by atoms with Crippen molar-refractivity contribution in [2.45, 2.75) is 32.7 Å². The van der Waals surface area contributed by atoms with Crippen LogP contribution in [-0.4, -0.2) is 12.6 Å². The molecule has 0 aliphatic heterocycles. The van der Waals surface area contributed by atoms with Crippen molar-refractivity contribution in [3.63, 3.8) is 0 Å². The van der Waals surface area contributed by atoms with E-state index in [1.807, 2.05) is 7.05 Å². The zero-order valence-electron chi connectivity index (χ0n) is 9.52. The molecule has 0 radical (unpaired) electrons. The van der Waals surface area contributed by atoms with Gasteiger partial charge in [-0.2, -0.15) is 0 Å². The molecule has 0 heterocycles. The first-order chi connectivity index (χ1) is 6.57. The lowest BCUT2D eigenvalue weighted by Gasteiger charge is -2.26. The molecule has 0 bridgehead atoms. The van der Waals surface area contributed by atoms with Crippen LogP contribution in [0.4, 0.5) is 11.4 Å². The maximum atomic E-state index is 3.50. The Labute approximate surface area is 86.7 Å². The predicted octanol–water partition coefficient (Wildman–Crippen LogP) is 3.33. The van der Waals surface area contributed by atoms with Crippen LogP contribution in [-0.2, 0) is 0 Å². The monoisotopic (exact) mass is 192 g/mol. The highest BCUT2D eigenvalue weighted by Gasteiger charge is 2.13. The molecular weight excluding hydrogens is 172 g/mol. The molecular formula is C12H20N2. The molecule has 0 saturated carbocycles. The minimum atomic E-state index is 0.159. The predicted molar refractivity (Wildman–Crippen MR) is 64.0 cm³/mol. The van der Waals surface area contributed by atoms with Gasteiger partial charge in [0.15, 0.2) is 0 Å². The van der Waals surface area contributed by atoms with E-state index in [4.69, 9.17) is 0 Å². The summed E-state index contributed by atoms with van der Waals surface area (Å²) in [5, 5.41) is 6.63. The number of hydrogen-bond acceptors (Lipinski definition) is 2. The highest BCUT2D eigenvalue weighted by atomic mass is 15.0. The van der Waals surface area contributed by atoms with E-state index in [1.54, 1.807) is 0 Å². The summed E-state index contributed by atoms with van der Waals surface area (Å²) < 4.78 is 0. The quantitative estimate of drug-likeness (QED) is 0.764. The average Bonchev–Trinajstić information content (AvgIpc) is 2.17. The zero-order valence-corrected chi connectivity index (χ0v) is 9.52. The summed E-state index contributed by atoms with van der Waals surface area (Å²) >= 11 is 0. The number of rotatable bonds is 4. The minimum absolute atomic E-state index is 0.159. The van der Waals surface area contributed by atoms with Gasteiger partial charge in [0.25, 0.3) is 0 Å². The third kappa shape index (κ3) is 2.95. The van der Waals surface area contributed by atoms with Crippen LogP contribution in [0.5, 0.6) is 0 Å². The highest BCUT2D eigenvalue weighted by Crippen LogP contribution is 2.20. The molecule has 0 aliphatic rings. The van der Waals surface area contributed by atoms with Crippen molar-refractivity contribution >= 4 is 11.4 Å². The van der Waals surface area contributed by atoms with Gasteiger partial charge in [-0.05, 0) is 38.5 Å². The van der Waals surface area contributed by atoms with E-state index in [2.05, 4.69) is 55.7 Å². The van der Waals surface area contributed by atoms with Crippen molar-refractivity contribution in [2.24, 2.45) is 0 Å². The molecule has 1 rings (SSSR count). The standard InChI is InChI=1S/C12H20N2/c1-5-12(2,3)14-11-8-6-7-10(9-11)13-4/h6-9,13-14H,5H2,1-4H3. The lowest BCUT2D eigenvalue weighted by atomic mass is 10.0. The van der Waals surface area contributed by atoms with Crippen molar-refractivity contribution in [2.75, 3.05) is 17.7 Å². The molecule has 0 saturated heterocycles. The van der Waals surface area contributed by atoms with Crippen molar-refractivity contribution in [1.82, 2.24) is 0 Å². The Kier molecular flexibility index (Phi) is 3.39. The smallest absolute Gasteiger partial charge is 0.0364 e. The number of nitrogens with one attached hydrogen (secondary N) is 2. The first kappa shape index (κ1) is 10.9. The SMILES string of the molecule is CCC(C)(C)Nc1cccc(NC)c1. The Morgan fingerprint density at radius 3 is 2.43 bits per heavy atom. The Morgan fingerprint density at radius 2 is 1.86 bits per heavy atom. The molecule has 0 fully saturated rings. The van der Waals surface area contributed by atoms with Gasteiger partial charge in [-0.1, -0.05) is 13.0 Å². The van der Waals surface area contributed by atoms with Gasteiger partial charge in [-0.15, -0.1) is 0 Å². The van der Waals surface area contributed by atoms with Crippen LogP contribution in [0.25, 0.3) is 0 Å². The van der Waals surface area contributed by atoms with E-state index in [-0.39, 0.29) is 5.54 Å². The summed E-state index contributed by atoms with van der Waals surface area (Å²) in [7, 11) is 1.93. The summed E-state index contributed by atoms with van der Waals surface area (Å²) in [6.07, 6.45) is 1.11. The van der Waals surface area contributed by atoms with Crippen molar-refractivity contribution in [3.8, 4) is 0 Å². The summed E-state index contributed by atoms with van der Waals surface area (Å²) in [4.78, 5) is 0. The maximum Gasteiger partial charge on any atom is 0.0364 e. The fourth-order valence-electron chi connectivity index (χ4n) is 1.23. The van der Waals surface area contributed by atoms with E-state index in [0.29, 0.717) is 0 Å². The molecule has 2 heteroatoms. The highest BCUT2D eigenvalue weighted by molar-refractivity contribution is 5.57. The summed E-state index contributed by atoms with van der Waals surface area (Å²) in [5.41, 5.74) is 2.47. The van der Waals surface area contributed by atoms with Gasteiger partial charge < -0.3 is 10.6 Å². The van der Waals surface area contributed by atoms with E-state index >= 15 is 0 Å². The molecule has 0 unspecified atom stereocenters. The van der Waals surface area contributed by atoms with Crippen LogP contribution >= 0.6 is 0 Å². The number of anilines is 2. The van der Waals surface area contributed by atoms with Gasteiger partial charge in [-0.25, -0.2) is 0 Å². The first-order valence-electron chi connectivity index (χ1n) is 5.13. The van der Waals surface area contributed by atoms with Crippen LogP contribution in [0.15, 0.2) is 24.3 Å². The zero-order chi connectivity index (χ0) is 10.6. The van der Waals surface area contributed by atoms with Crippen molar-refractivity contribution in [1.29, 1.82) is 0 Å². The van der Waals surface area contributed by atoms with E-state index in [0.717, 1.165) is 12.1 Å². The van der Waals surface area contributed by atoms with Crippen LogP contribution in [0, 0.1) is 0 Å². The third-order valence-electron chi connectivity index (χ3n) is 2.52. The van der Waals surface area contributed by atoms with E-state index in [1.165, 1.54) is 5.69 Å². The molecule has 0 atom stereocenters. The molecule has 78 valence electrons. The van der Waals surface area contributed by atoms with E-state index < -0.39 is 0 Å². The second-order valence-corrected chi connectivity index (χ2v) is 4.19. The molecule has 0 aliphatic carbocycles. The number of hydrogen-bond donors (Lipinski definition) is 2. The van der Waals surface area contributed by atoms with Gasteiger partial charge in [0, 0.05) is 24.0 Å². The van der Waals surface area contributed by atoms with Gasteiger partial charge in [0.2, 0.25) is 0 Å². The van der Waals surface area contributed by atoms with Gasteiger partial charge >= 0.3 is 0 Å². The van der Waals surface area contributed by atoms with Gasteiger partial charge in [0.1, 0.15) is 0 Å². The maximum absolute atomic E-state index is 3.50. The lowest BCUT2D eigenvalue weighted by molar-refractivity contribution is 0.547. The Balaban J connectivity index is 2.76. The molecule has 0 spiro atoms.